The number of likely N-dealkylation sites (N-methyl/N-ethyl adjacent to an activating group) is 1. The van der Waals surface area contributed by atoms with E-state index >= 15 is 0 Å². The van der Waals surface area contributed by atoms with Crippen molar-refractivity contribution in [2.75, 3.05) is 38.1 Å². The summed E-state index contributed by atoms with van der Waals surface area (Å²) >= 11 is 0. The van der Waals surface area contributed by atoms with E-state index in [1.54, 1.807) is 17.1 Å². The first-order chi connectivity index (χ1) is 9.69. The van der Waals surface area contributed by atoms with E-state index in [9.17, 15) is 4.79 Å². The summed E-state index contributed by atoms with van der Waals surface area (Å²) in [7, 11) is 2.01. The lowest BCUT2D eigenvalue weighted by atomic mass is 10.3. The van der Waals surface area contributed by atoms with E-state index < -0.39 is 0 Å². The number of amides is 2. The third-order valence-electron chi connectivity index (χ3n) is 2.91. The number of nitrogens with one attached hydrogen (secondary N) is 1. The number of carbonyl (C=O) groups is 1. The molecule has 0 unspecified atom stereocenters. The molecule has 0 aromatic heterocycles. The number of nitrogens with zero attached hydrogens (tertiary/aromatic N) is 2. The van der Waals surface area contributed by atoms with Crippen LogP contribution in [0.3, 0.4) is 0 Å². The van der Waals surface area contributed by atoms with Crippen molar-refractivity contribution in [2.45, 2.75) is 0 Å². The fraction of sp³-hybridized carbons (Fsp3) is 0.312. The van der Waals surface area contributed by atoms with Crippen LogP contribution in [0, 0.1) is 0 Å². The largest absolute Gasteiger partial charge is 0.373 e. The molecule has 0 aliphatic heterocycles. The molecule has 0 bridgehead atoms. The maximum Gasteiger partial charge on any atom is 0.318 e. The smallest absolute Gasteiger partial charge is 0.318 e. The zero-order chi connectivity index (χ0) is 14.8. The maximum atomic E-state index is 11.9. The van der Waals surface area contributed by atoms with Gasteiger partial charge in [-0.15, -0.1) is 13.2 Å². The fourth-order valence-corrected chi connectivity index (χ4v) is 1.81. The van der Waals surface area contributed by atoms with Gasteiger partial charge in [-0.3, -0.25) is 0 Å². The van der Waals surface area contributed by atoms with Crippen LogP contribution in [0.25, 0.3) is 0 Å². The van der Waals surface area contributed by atoms with Crippen molar-refractivity contribution in [3.63, 3.8) is 0 Å². The molecular weight excluding hydrogens is 250 g/mol. The molecule has 0 heterocycles. The Bertz CT molecular complexity index is 421. The molecule has 2 amide bonds. The number of hydrogen-bond acceptors (Lipinski definition) is 2. The van der Waals surface area contributed by atoms with Gasteiger partial charge in [0.2, 0.25) is 0 Å². The normalized spacial score (nSPS) is 9.65. The third-order valence-corrected chi connectivity index (χ3v) is 2.91. The summed E-state index contributed by atoms with van der Waals surface area (Å²) in [6.07, 6.45) is 3.42. The number of benzene rings is 1. The first-order valence-electron chi connectivity index (χ1n) is 6.69. The van der Waals surface area contributed by atoms with E-state index in [0.717, 1.165) is 12.2 Å². The number of urea groups is 1. The Morgan fingerprint density at radius 2 is 1.80 bits per heavy atom. The van der Waals surface area contributed by atoms with Crippen molar-refractivity contribution in [2.24, 2.45) is 0 Å². The van der Waals surface area contributed by atoms with Crippen LogP contribution in [-0.2, 0) is 0 Å². The van der Waals surface area contributed by atoms with E-state index in [-0.39, 0.29) is 6.03 Å². The van der Waals surface area contributed by atoms with Crippen molar-refractivity contribution in [3.05, 3.63) is 55.6 Å². The first-order valence-corrected chi connectivity index (χ1v) is 6.69. The van der Waals surface area contributed by atoms with E-state index in [4.69, 9.17) is 0 Å². The predicted octanol–water partition coefficient (Wildman–Crippen LogP) is 2.51. The molecule has 1 N–H and O–H groups in total. The molecule has 4 heteroatoms. The molecule has 0 aliphatic carbocycles. The van der Waals surface area contributed by atoms with Crippen molar-refractivity contribution >= 4 is 11.7 Å². The van der Waals surface area contributed by atoms with Crippen LogP contribution in [0.2, 0.25) is 0 Å². The van der Waals surface area contributed by atoms with E-state index in [1.807, 2.05) is 37.4 Å². The average molecular weight is 273 g/mol. The highest BCUT2D eigenvalue weighted by Crippen LogP contribution is 2.09. The van der Waals surface area contributed by atoms with Crippen LogP contribution in [0.4, 0.5) is 10.5 Å². The van der Waals surface area contributed by atoms with Gasteiger partial charge in [0.15, 0.2) is 0 Å². The Labute approximate surface area is 121 Å². The molecule has 0 fully saturated rings. The van der Waals surface area contributed by atoms with Crippen molar-refractivity contribution in [1.29, 1.82) is 0 Å². The van der Waals surface area contributed by atoms with Gasteiger partial charge in [0, 0.05) is 38.9 Å². The zero-order valence-electron chi connectivity index (χ0n) is 12.1. The lowest BCUT2D eigenvalue weighted by molar-refractivity contribution is 0.208. The predicted molar refractivity (Wildman–Crippen MR) is 85.1 cm³/mol. The number of anilines is 1. The SMILES string of the molecule is C=CCN(CC=C)C(=O)NCCN(C)c1ccccc1. The highest BCUT2D eigenvalue weighted by atomic mass is 16.2. The topological polar surface area (TPSA) is 35.6 Å². The lowest BCUT2D eigenvalue weighted by Gasteiger charge is -2.22. The molecule has 1 aromatic rings. The molecule has 4 nitrogen and oxygen atoms in total. The lowest BCUT2D eigenvalue weighted by Crippen LogP contribution is -2.42. The minimum absolute atomic E-state index is 0.0914. The molecule has 0 saturated carbocycles. The second-order valence-electron chi connectivity index (χ2n) is 4.47. The van der Waals surface area contributed by atoms with E-state index in [2.05, 4.69) is 23.4 Å². The number of rotatable bonds is 8. The second kappa shape index (κ2) is 8.80. The molecule has 108 valence electrons. The second-order valence-corrected chi connectivity index (χ2v) is 4.47. The third kappa shape index (κ3) is 5.18. The summed E-state index contributed by atoms with van der Waals surface area (Å²) in [5.74, 6) is 0. The molecule has 0 aliphatic rings. The van der Waals surface area contributed by atoms with E-state index in [1.165, 1.54) is 0 Å². The Kier molecular flexibility index (Phi) is 6.96. The molecular formula is C16H23N3O. The molecule has 1 rings (SSSR count). The molecule has 0 radical (unpaired) electrons. The minimum Gasteiger partial charge on any atom is -0.373 e. The monoisotopic (exact) mass is 273 g/mol. The van der Waals surface area contributed by atoms with Gasteiger partial charge in [-0.2, -0.15) is 0 Å². The standard InChI is InChI=1S/C16H23N3O/c1-4-12-19(13-5-2)16(20)17-11-14-18(3)15-9-7-6-8-10-15/h4-10H,1-2,11-14H2,3H3,(H,17,20). The maximum absolute atomic E-state index is 11.9. The zero-order valence-corrected chi connectivity index (χ0v) is 12.1. The van der Waals surface area contributed by atoms with Gasteiger partial charge in [0.25, 0.3) is 0 Å². The van der Waals surface area contributed by atoms with Crippen molar-refractivity contribution in [1.82, 2.24) is 10.2 Å². The number of carbonyl (C=O) groups excluding carboxylic acids is 1. The van der Waals surface area contributed by atoms with Crippen LogP contribution in [-0.4, -0.2) is 44.2 Å². The highest BCUT2D eigenvalue weighted by Gasteiger charge is 2.09. The first kappa shape index (κ1) is 15.8. The summed E-state index contributed by atoms with van der Waals surface area (Å²) in [6.45, 7) is 9.69. The van der Waals surface area contributed by atoms with Crippen molar-refractivity contribution < 1.29 is 4.79 Å². The van der Waals surface area contributed by atoms with Gasteiger partial charge in [-0.1, -0.05) is 30.4 Å². The molecule has 20 heavy (non-hydrogen) atoms. The molecule has 0 atom stereocenters. The minimum atomic E-state index is -0.0914. The van der Waals surface area contributed by atoms with E-state index in [0.29, 0.717) is 19.6 Å². The van der Waals surface area contributed by atoms with Gasteiger partial charge in [0.05, 0.1) is 0 Å². The van der Waals surface area contributed by atoms with Gasteiger partial charge in [-0.25, -0.2) is 4.79 Å². The quantitative estimate of drug-likeness (QED) is 0.739. The van der Waals surface area contributed by atoms with Gasteiger partial charge >= 0.3 is 6.03 Å². The number of para-hydroxylation sites is 1. The number of hydrogen-bond donors (Lipinski definition) is 1. The van der Waals surface area contributed by atoms with Crippen LogP contribution < -0.4 is 10.2 Å². The molecule has 0 spiro atoms. The van der Waals surface area contributed by atoms with Crippen LogP contribution in [0.1, 0.15) is 0 Å². The molecule has 1 aromatic carbocycles. The summed E-state index contributed by atoms with van der Waals surface area (Å²) in [5.41, 5.74) is 1.13. The Morgan fingerprint density at radius 3 is 2.35 bits per heavy atom. The summed E-state index contributed by atoms with van der Waals surface area (Å²) in [5, 5.41) is 2.90. The molecule has 0 saturated heterocycles. The Balaban J connectivity index is 2.37. The summed E-state index contributed by atoms with van der Waals surface area (Å²) < 4.78 is 0. The van der Waals surface area contributed by atoms with Crippen molar-refractivity contribution in [3.8, 4) is 0 Å². The van der Waals surface area contributed by atoms with Crippen LogP contribution in [0.15, 0.2) is 55.6 Å². The van der Waals surface area contributed by atoms with Crippen LogP contribution in [0.5, 0.6) is 0 Å². The van der Waals surface area contributed by atoms with Gasteiger partial charge in [-0.05, 0) is 12.1 Å². The highest BCUT2D eigenvalue weighted by molar-refractivity contribution is 5.74. The average Bonchev–Trinajstić information content (AvgIpc) is 2.47. The summed E-state index contributed by atoms with van der Waals surface area (Å²) in [4.78, 5) is 15.7. The van der Waals surface area contributed by atoms with Crippen LogP contribution >= 0.6 is 0 Å². The summed E-state index contributed by atoms with van der Waals surface area (Å²) in [6, 6.07) is 9.99. The van der Waals surface area contributed by atoms with Gasteiger partial charge in [0.1, 0.15) is 0 Å². The Morgan fingerprint density at radius 1 is 1.20 bits per heavy atom. The Hall–Kier alpha value is -2.23. The van der Waals surface area contributed by atoms with Gasteiger partial charge < -0.3 is 15.1 Å². The fourth-order valence-electron chi connectivity index (χ4n) is 1.81.